The molecule has 1 rings (SSSR count). The Hall–Kier alpha value is -2.76. The van der Waals surface area contributed by atoms with Gasteiger partial charge in [-0.2, -0.15) is 0 Å². The van der Waals surface area contributed by atoms with E-state index in [0.29, 0.717) is 12.3 Å². The lowest BCUT2D eigenvalue weighted by molar-refractivity contribution is -0.137. The van der Waals surface area contributed by atoms with E-state index < -0.39 is 5.97 Å². The molecule has 6 nitrogen and oxygen atoms in total. The van der Waals surface area contributed by atoms with Gasteiger partial charge in [0, 0.05) is 19.1 Å². The van der Waals surface area contributed by atoms with Crippen LogP contribution < -0.4 is 5.32 Å². The summed E-state index contributed by atoms with van der Waals surface area (Å²) in [6, 6.07) is 7.57. The second-order valence-electron chi connectivity index (χ2n) is 5.07. The van der Waals surface area contributed by atoms with E-state index in [2.05, 4.69) is 21.9 Å². The van der Waals surface area contributed by atoms with Gasteiger partial charge in [-0.1, -0.05) is 30.8 Å². The molecule has 1 amide bonds. The summed E-state index contributed by atoms with van der Waals surface area (Å²) in [5.41, 5.74) is 2.66. The zero-order valence-corrected chi connectivity index (χ0v) is 13.6. The topological polar surface area (TPSA) is 91.1 Å². The number of rotatable bonds is 6. The number of benzene rings is 1. The maximum atomic E-state index is 10.9. The molecule has 6 heteroatoms. The van der Waals surface area contributed by atoms with Gasteiger partial charge in [-0.25, -0.2) is 9.98 Å². The van der Waals surface area contributed by atoms with Crippen LogP contribution in [0.5, 0.6) is 0 Å². The molecular formula is C17H21N3O3. The monoisotopic (exact) mass is 315 g/mol. The molecule has 0 saturated carbocycles. The third kappa shape index (κ3) is 7.17. The molecule has 1 aromatic carbocycles. The fraction of sp³-hybridized carbons (Fsp3) is 0.294. The molecule has 0 heterocycles. The molecule has 0 spiro atoms. The Morgan fingerprint density at radius 1 is 1.13 bits per heavy atom. The summed E-state index contributed by atoms with van der Waals surface area (Å²) in [4.78, 5) is 29.9. The molecule has 0 saturated heterocycles. The highest BCUT2D eigenvalue weighted by atomic mass is 16.4. The Bertz CT molecular complexity index is 658. The van der Waals surface area contributed by atoms with E-state index in [-0.39, 0.29) is 18.1 Å². The van der Waals surface area contributed by atoms with Gasteiger partial charge in [0.15, 0.2) is 0 Å². The molecule has 0 aliphatic carbocycles. The number of nitrogens with one attached hydrogen (secondary N) is 1. The highest BCUT2D eigenvalue weighted by Crippen LogP contribution is 2.08. The first-order chi connectivity index (χ1) is 10.8. The van der Waals surface area contributed by atoms with Crippen molar-refractivity contribution in [1.82, 2.24) is 5.32 Å². The van der Waals surface area contributed by atoms with E-state index in [0.717, 1.165) is 16.8 Å². The molecular weight excluding hydrogens is 294 g/mol. The van der Waals surface area contributed by atoms with Gasteiger partial charge in [0.1, 0.15) is 11.7 Å². The van der Waals surface area contributed by atoms with Crippen LogP contribution in [0.15, 0.2) is 46.7 Å². The van der Waals surface area contributed by atoms with Crippen molar-refractivity contribution in [3.05, 3.63) is 47.8 Å². The largest absolute Gasteiger partial charge is 0.481 e. The summed E-state index contributed by atoms with van der Waals surface area (Å²) < 4.78 is 0. The summed E-state index contributed by atoms with van der Waals surface area (Å²) >= 11 is 0. The fourth-order valence-electron chi connectivity index (χ4n) is 1.92. The smallest absolute Gasteiger partial charge is 0.303 e. The van der Waals surface area contributed by atoms with Crippen LogP contribution in [0.3, 0.4) is 0 Å². The van der Waals surface area contributed by atoms with Crippen molar-refractivity contribution in [2.75, 3.05) is 0 Å². The van der Waals surface area contributed by atoms with Crippen LogP contribution >= 0.6 is 0 Å². The third-order valence-electron chi connectivity index (χ3n) is 2.95. The fourth-order valence-corrected chi connectivity index (χ4v) is 1.92. The van der Waals surface area contributed by atoms with Crippen molar-refractivity contribution in [2.24, 2.45) is 9.98 Å². The second-order valence-corrected chi connectivity index (χ2v) is 5.07. The predicted octanol–water partition coefficient (Wildman–Crippen LogP) is 2.54. The molecule has 2 N–H and O–H groups in total. The van der Waals surface area contributed by atoms with Gasteiger partial charge in [0.05, 0.1) is 0 Å². The predicted molar refractivity (Wildman–Crippen MR) is 90.7 cm³/mol. The van der Waals surface area contributed by atoms with E-state index in [1.165, 1.54) is 6.92 Å². The van der Waals surface area contributed by atoms with Crippen LogP contribution in [0.2, 0.25) is 0 Å². The van der Waals surface area contributed by atoms with Gasteiger partial charge in [-0.15, -0.1) is 0 Å². The molecule has 1 aromatic rings. The van der Waals surface area contributed by atoms with E-state index in [4.69, 9.17) is 5.11 Å². The molecule has 23 heavy (non-hydrogen) atoms. The summed E-state index contributed by atoms with van der Waals surface area (Å²) in [6.07, 6.45) is 0.617. The van der Waals surface area contributed by atoms with Gasteiger partial charge in [0.25, 0.3) is 0 Å². The molecule has 0 radical (unpaired) electrons. The maximum Gasteiger partial charge on any atom is 0.303 e. The molecule has 0 unspecified atom stereocenters. The van der Waals surface area contributed by atoms with Crippen molar-refractivity contribution < 1.29 is 14.7 Å². The Kier molecular flexibility index (Phi) is 6.86. The van der Waals surface area contributed by atoms with Crippen molar-refractivity contribution in [1.29, 1.82) is 0 Å². The number of aliphatic carboxylic acids is 1. The number of carboxylic acid groups (broad SMARTS) is 1. The van der Waals surface area contributed by atoms with Gasteiger partial charge in [-0.05, 0) is 31.4 Å². The lowest BCUT2D eigenvalue weighted by Gasteiger charge is -2.04. The number of amides is 1. The average Bonchev–Trinajstić information content (AvgIpc) is 2.44. The van der Waals surface area contributed by atoms with Crippen LogP contribution in [-0.4, -0.2) is 28.5 Å². The number of aliphatic imine (C=N–C) groups is 2. The van der Waals surface area contributed by atoms with Gasteiger partial charge in [-0.3, -0.25) is 9.59 Å². The minimum atomic E-state index is -0.807. The highest BCUT2D eigenvalue weighted by molar-refractivity contribution is 6.05. The molecule has 0 aliphatic heterocycles. The number of hydrogen-bond acceptors (Lipinski definition) is 3. The SMILES string of the molecule is C=C(/N=C(C)/N=C(\C)c1ccc(CCC(=O)O)cc1)NC(C)=O. The van der Waals surface area contributed by atoms with Crippen molar-refractivity contribution in [2.45, 2.75) is 33.6 Å². The second kappa shape index (κ2) is 8.63. The van der Waals surface area contributed by atoms with Crippen LogP contribution in [0.4, 0.5) is 0 Å². The molecule has 0 atom stereocenters. The number of carboxylic acids is 1. The number of nitrogens with zero attached hydrogens (tertiary/aromatic N) is 2. The standard InChI is InChI=1S/C17H21N3O3/c1-11(18-12(2)19-13(3)20-14(4)21)16-8-5-15(6-9-16)7-10-17(22)23/h5-6,8-9H,3,7,10H2,1-2,4H3,(H,20,21)(H,22,23)/b18-11+,19-12+. The summed E-state index contributed by atoms with van der Waals surface area (Å²) in [5, 5.41) is 11.2. The minimum Gasteiger partial charge on any atom is -0.481 e. The Labute approximate surface area is 135 Å². The van der Waals surface area contributed by atoms with Gasteiger partial charge < -0.3 is 10.4 Å². The maximum absolute atomic E-state index is 10.9. The quantitative estimate of drug-likeness (QED) is 0.624. The van der Waals surface area contributed by atoms with Crippen molar-refractivity contribution >= 4 is 23.4 Å². The van der Waals surface area contributed by atoms with E-state index >= 15 is 0 Å². The lowest BCUT2D eigenvalue weighted by Crippen LogP contribution is -2.17. The zero-order chi connectivity index (χ0) is 17.4. The van der Waals surface area contributed by atoms with Crippen molar-refractivity contribution in [3.63, 3.8) is 0 Å². The Morgan fingerprint density at radius 3 is 2.26 bits per heavy atom. The lowest BCUT2D eigenvalue weighted by atomic mass is 10.1. The number of aryl methyl sites for hydroxylation is 1. The normalized spacial score (nSPS) is 12.0. The van der Waals surface area contributed by atoms with Crippen LogP contribution in [0.25, 0.3) is 0 Å². The molecule has 0 bridgehead atoms. The van der Waals surface area contributed by atoms with Gasteiger partial charge >= 0.3 is 5.97 Å². The first-order valence-corrected chi connectivity index (χ1v) is 7.16. The van der Waals surface area contributed by atoms with Crippen LogP contribution in [-0.2, 0) is 16.0 Å². The number of amidine groups is 1. The zero-order valence-electron chi connectivity index (χ0n) is 13.6. The summed E-state index contributed by atoms with van der Waals surface area (Å²) in [6.45, 7) is 8.58. The number of carbonyl (C=O) groups is 2. The number of carbonyl (C=O) groups excluding carboxylic acids is 1. The minimum absolute atomic E-state index is 0.115. The van der Waals surface area contributed by atoms with E-state index in [9.17, 15) is 9.59 Å². The van der Waals surface area contributed by atoms with Crippen molar-refractivity contribution in [3.8, 4) is 0 Å². The van der Waals surface area contributed by atoms with E-state index in [1.807, 2.05) is 31.2 Å². The van der Waals surface area contributed by atoms with Crippen LogP contribution in [0, 0.1) is 0 Å². The summed E-state index contributed by atoms with van der Waals surface area (Å²) in [7, 11) is 0. The molecule has 0 fully saturated rings. The first kappa shape index (κ1) is 18.3. The summed E-state index contributed by atoms with van der Waals surface area (Å²) in [5.74, 6) is -0.311. The Balaban J connectivity index is 2.77. The van der Waals surface area contributed by atoms with Crippen LogP contribution in [0.1, 0.15) is 38.3 Å². The third-order valence-corrected chi connectivity index (χ3v) is 2.95. The number of hydrogen-bond donors (Lipinski definition) is 2. The molecule has 0 aliphatic rings. The Morgan fingerprint density at radius 2 is 1.74 bits per heavy atom. The first-order valence-electron chi connectivity index (χ1n) is 7.16. The average molecular weight is 315 g/mol. The van der Waals surface area contributed by atoms with Gasteiger partial charge in [0.2, 0.25) is 5.91 Å². The molecule has 122 valence electrons. The molecule has 0 aromatic heterocycles. The van der Waals surface area contributed by atoms with E-state index in [1.54, 1.807) is 6.92 Å². The highest BCUT2D eigenvalue weighted by Gasteiger charge is 2.02.